The summed E-state index contributed by atoms with van der Waals surface area (Å²) in [4.78, 5) is 23.8. The van der Waals surface area contributed by atoms with Crippen LogP contribution in [0.25, 0.3) is 0 Å². The first kappa shape index (κ1) is 16.3. The summed E-state index contributed by atoms with van der Waals surface area (Å²) in [6.45, 7) is 6.34. The van der Waals surface area contributed by atoms with Gasteiger partial charge in [-0.05, 0) is 49.9 Å². The molecule has 2 rings (SSSR count). The molecule has 1 N–H and O–H groups in total. The molecule has 1 atom stereocenters. The summed E-state index contributed by atoms with van der Waals surface area (Å²) in [6.07, 6.45) is 1.22. The number of amides is 1. The average Bonchev–Trinajstić information content (AvgIpc) is 3.29. The van der Waals surface area contributed by atoms with Crippen molar-refractivity contribution < 1.29 is 19.1 Å². The molecule has 120 valence electrons. The van der Waals surface area contributed by atoms with Crippen molar-refractivity contribution in [2.45, 2.75) is 45.8 Å². The van der Waals surface area contributed by atoms with E-state index in [1.165, 1.54) is 0 Å². The lowest BCUT2D eigenvalue weighted by atomic mass is 10.2. The first-order valence-electron chi connectivity index (χ1n) is 7.70. The minimum atomic E-state index is -0.787. The molecule has 0 heterocycles. The van der Waals surface area contributed by atoms with Gasteiger partial charge in [-0.15, -0.1) is 0 Å². The van der Waals surface area contributed by atoms with Gasteiger partial charge in [-0.3, -0.25) is 4.79 Å². The number of esters is 1. The highest BCUT2D eigenvalue weighted by molar-refractivity contribution is 5.92. The standard InChI is InChI=1S/C17H23NO4/c1-11(2)10-21-15-8-4-13(5-9-15)17(20)22-12(3)16(19)18-14-6-7-14/h4-5,8-9,11-12,14H,6-7,10H2,1-3H3,(H,18,19). The molecule has 1 fully saturated rings. The van der Waals surface area contributed by atoms with Crippen molar-refractivity contribution in [2.75, 3.05) is 6.61 Å². The first-order chi connectivity index (χ1) is 10.5. The number of rotatable bonds is 7. The zero-order valence-electron chi connectivity index (χ0n) is 13.3. The lowest BCUT2D eigenvalue weighted by Crippen LogP contribution is -2.37. The van der Waals surface area contributed by atoms with Crippen LogP contribution in [-0.4, -0.2) is 30.6 Å². The molecule has 1 aromatic carbocycles. The normalized spacial score (nSPS) is 15.3. The largest absolute Gasteiger partial charge is 0.493 e. The van der Waals surface area contributed by atoms with Crippen LogP contribution in [0.4, 0.5) is 0 Å². The number of benzene rings is 1. The number of carbonyl (C=O) groups excluding carboxylic acids is 2. The van der Waals surface area contributed by atoms with Crippen LogP contribution in [0.5, 0.6) is 5.75 Å². The van der Waals surface area contributed by atoms with Crippen LogP contribution in [0.15, 0.2) is 24.3 Å². The highest BCUT2D eigenvalue weighted by atomic mass is 16.5. The summed E-state index contributed by atoms with van der Waals surface area (Å²) < 4.78 is 10.7. The van der Waals surface area contributed by atoms with Crippen molar-refractivity contribution in [1.82, 2.24) is 5.32 Å². The van der Waals surface area contributed by atoms with Crippen molar-refractivity contribution in [2.24, 2.45) is 5.92 Å². The molecular formula is C17H23NO4. The second kappa shape index (κ2) is 7.29. The predicted octanol–water partition coefficient (Wildman–Crippen LogP) is 2.55. The van der Waals surface area contributed by atoms with E-state index in [1.54, 1.807) is 31.2 Å². The summed E-state index contributed by atoms with van der Waals surface area (Å²) in [6, 6.07) is 7.00. The van der Waals surface area contributed by atoms with Gasteiger partial charge in [0.1, 0.15) is 5.75 Å². The third kappa shape index (κ3) is 5.06. The van der Waals surface area contributed by atoms with Crippen molar-refractivity contribution in [1.29, 1.82) is 0 Å². The molecule has 0 aromatic heterocycles. The molecule has 1 aliphatic carbocycles. The van der Waals surface area contributed by atoms with Crippen molar-refractivity contribution in [3.8, 4) is 5.75 Å². The summed E-state index contributed by atoms with van der Waals surface area (Å²) >= 11 is 0. The highest BCUT2D eigenvalue weighted by Crippen LogP contribution is 2.19. The van der Waals surface area contributed by atoms with Crippen molar-refractivity contribution >= 4 is 11.9 Å². The Kier molecular flexibility index (Phi) is 5.41. The van der Waals surface area contributed by atoms with E-state index in [9.17, 15) is 9.59 Å². The number of hydrogen-bond donors (Lipinski definition) is 1. The highest BCUT2D eigenvalue weighted by Gasteiger charge is 2.27. The third-order valence-electron chi connectivity index (χ3n) is 3.25. The number of nitrogens with one attached hydrogen (secondary N) is 1. The lowest BCUT2D eigenvalue weighted by molar-refractivity contribution is -0.129. The lowest BCUT2D eigenvalue weighted by Gasteiger charge is -2.13. The van der Waals surface area contributed by atoms with E-state index in [4.69, 9.17) is 9.47 Å². The Morgan fingerprint density at radius 1 is 1.18 bits per heavy atom. The van der Waals surface area contributed by atoms with Gasteiger partial charge in [0.2, 0.25) is 0 Å². The van der Waals surface area contributed by atoms with E-state index < -0.39 is 12.1 Å². The molecule has 0 bridgehead atoms. The van der Waals surface area contributed by atoms with E-state index in [1.807, 2.05) is 0 Å². The Hall–Kier alpha value is -2.04. The van der Waals surface area contributed by atoms with Crippen LogP contribution in [-0.2, 0) is 9.53 Å². The van der Waals surface area contributed by atoms with Gasteiger partial charge in [0.25, 0.3) is 5.91 Å². The third-order valence-corrected chi connectivity index (χ3v) is 3.25. The summed E-state index contributed by atoms with van der Waals surface area (Å²) in [5.41, 5.74) is 0.406. The van der Waals surface area contributed by atoms with Gasteiger partial charge in [0.15, 0.2) is 6.10 Å². The van der Waals surface area contributed by atoms with Crippen LogP contribution in [0.3, 0.4) is 0 Å². The van der Waals surface area contributed by atoms with Crippen LogP contribution in [0.1, 0.15) is 44.0 Å². The Labute approximate surface area is 131 Å². The fourth-order valence-corrected chi connectivity index (χ4v) is 1.78. The first-order valence-corrected chi connectivity index (χ1v) is 7.70. The number of carbonyl (C=O) groups is 2. The minimum Gasteiger partial charge on any atom is -0.493 e. The van der Waals surface area contributed by atoms with Crippen molar-refractivity contribution in [3.05, 3.63) is 29.8 Å². The van der Waals surface area contributed by atoms with Crippen LogP contribution >= 0.6 is 0 Å². The Morgan fingerprint density at radius 3 is 2.36 bits per heavy atom. The van der Waals surface area contributed by atoms with E-state index in [-0.39, 0.29) is 11.9 Å². The van der Waals surface area contributed by atoms with Crippen LogP contribution in [0.2, 0.25) is 0 Å². The van der Waals surface area contributed by atoms with Gasteiger partial charge in [-0.2, -0.15) is 0 Å². The van der Waals surface area contributed by atoms with Crippen LogP contribution in [0, 0.1) is 5.92 Å². The van der Waals surface area contributed by atoms with Gasteiger partial charge in [0.05, 0.1) is 12.2 Å². The molecule has 1 unspecified atom stereocenters. The maximum Gasteiger partial charge on any atom is 0.338 e. The van der Waals surface area contributed by atoms with Gasteiger partial charge in [-0.25, -0.2) is 4.79 Å². The van der Waals surface area contributed by atoms with E-state index in [2.05, 4.69) is 19.2 Å². The van der Waals surface area contributed by atoms with Gasteiger partial charge in [0, 0.05) is 6.04 Å². The molecule has 0 spiro atoms. The Balaban J connectivity index is 1.84. The predicted molar refractivity (Wildman–Crippen MR) is 82.8 cm³/mol. The molecule has 0 aliphatic heterocycles. The monoisotopic (exact) mass is 305 g/mol. The average molecular weight is 305 g/mol. The Morgan fingerprint density at radius 2 is 1.82 bits per heavy atom. The number of ether oxygens (including phenoxy) is 2. The zero-order valence-corrected chi connectivity index (χ0v) is 13.3. The summed E-state index contributed by atoms with van der Waals surface area (Å²) in [5.74, 6) is 0.404. The van der Waals surface area contributed by atoms with E-state index in [0.717, 1.165) is 12.8 Å². The molecule has 22 heavy (non-hydrogen) atoms. The van der Waals surface area contributed by atoms with Gasteiger partial charge < -0.3 is 14.8 Å². The maximum absolute atomic E-state index is 12.0. The quantitative estimate of drug-likeness (QED) is 0.786. The summed E-state index contributed by atoms with van der Waals surface area (Å²) in [7, 11) is 0. The van der Waals surface area contributed by atoms with E-state index >= 15 is 0 Å². The smallest absolute Gasteiger partial charge is 0.338 e. The molecule has 1 amide bonds. The Bertz CT molecular complexity index is 520. The number of hydrogen-bond acceptors (Lipinski definition) is 4. The second-order valence-corrected chi connectivity index (χ2v) is 6.06. The van der Waals surface area contributed by atoms with Gasteiger partial charge in [-0.1, -0.05) is 13.8 Å². The molecule has 0 saturated heterocycles. The van der Waals surface area contributed by atoms with Crippen molar-refractivity contribution in [3.63, 3.8) is 0 Å². The fourth-order valence-electron chi connectivity index (χ4n) is 1.78. The molecule has 5 heteroatoms. The molecular weight excluding hydrogens is 282 g/mol. The second-order valence-electron chi connectivity index (χ2n) is 6.06. The fraction of sp³-hybridized carbons (Fsp3) is 0.529. The molecule has 1 saturated carbocycles. The SMILES string of the molecule is CC(C)COc1ccc(C(=O)OC(C)C(=O)NC2CC2)cc1. The molecule has 1 aliphatic rings. The van der Waals surface area contributed by atoms with E-state index in [0.29, 0.717) is 23.8 Å². The molecule has 5 nitrogen and oxygen atoms in total. The molecule has 1 aromatic rings. The zero-order chi connectivity index (χ0) is 16.1. The molecule has 0 radical (unpaired) electrons. The van der Waals surface area contributed by atoms with Crippen LogP contribution < -0.4 is 10.1 Å². The minimum absolute atomic E-state index is 0.243. The topological polar surface area (TPSA) is 64.6 Å². The maximum atomic E-state index is 12.0. The summed E-state index contributed by atoms with van der Waals surface area (Å²) in [5, 5.41) is 2.81. The van der Waals surface area contributed by atoms with Gasteiger partial charge >= 0.3 is 5.97 Å².